The number of rotatable bonds is 5. The lowest BCUT2D eigenvalue weighted by atomic mass is 10.0. The van der Waals surface area contributed by atoms with Crippen molar-refractivity contribution in [3.8, 4) is 0 Å². The number of amides is 1. The Morgan fingerprint density at radius 2 is 2.12 bits per heavy atom. The van der Waals surface area contributed by atoms with E-state index in [1.165, 1.54) is 12.8 Å². The molecule has 1 aliphatic heterocycles. The van der Waals surface area contributed by atoms with Gasteiger partial charge in [0.15, 0.2) is 0 Å². The third kappa shape index (κ3) is 4.03. The maximum atomic E-state index is 11.8. The molecule has 1 amide bonds. The number of unbranched alkanes of at least 4 members (excludes halogenated alkanes) is 2. The molecular formula is C13H25NO2. The lowest BCUT2D eigenvalue weighted by molar-refractivity contribution is 0.0710. The SMILES string of the molecule is CCCCCOC(=O)N1CCCCC1CC. The fourth-order valence-electron chi connectivity index (χ4n) is 2.26. The fourth-order valence-corrected chi connectivity index (χ4v) is 2.26. The van der Waals surface area contributed by atoms with Crippen molar-refractivity contribution in [1.82, 2.24) is 4.90 Å². The lowest BCUT2D eigenvalue weighted by Gasteiger charge is -2.34. The van der Waals surface area contributed by atoms with E-state index in [2.05, 4.69) is 13.8 Å². The van der Waals surface area contributed by atoms with Crippen LogP contribution < -0.4 is 0 Å². The molecule has 0 aliphatic carbocycles. The number of carbonyl (C=O) groups is 1. The van der Waals surface area contributed by atoms with Gasteiger partial charge in [-0.3, -0.25) is 0 Å². The summed E-state index contributed by atoms with van der Waals surface area (Å²) in [6.07, 6.45) is 7.77. The molecule has 1 rings (SSSR count). The van der Waals surface area contributed by atoms with Gasteiger partial charge in [0.05, 0.1) is 6.61 Å². The molecule has 1 atom stereocenters. The van der Waals surface area contributed by atoms with E-state index in [9.17, 15) is 4.79 Å². The van der Waals surface area contributed by atoms with Gasteiger partial charge in [0.25, 0.3) is 0 Å². The van der Waals surface area contributed by atoms with Crippen LogP contribution in [-0.4, -0.2) is 30.2 Å². The molecule has 0 spiro atoms. The van der Waals surface area contributed by atoms with Crippen LogP contribution in [0.1, 0.15) is 58.8 Å². The van der Waals surface area contributed by atoms with Crippen LogP contribution in [0.4, 0.5) is 4.79 Å². The molecule has 0 aromatic rings. The Bertz CT molecular complexity index is 206. The molecule has 1 fully saturated rings. The second-order valence-electron chi connectivity index (χ2n) is 4.57. The highest BCUT2D eigenvalue weighted by Crippen LogP contribution is 2.20. The Balaban J connectivity index is 2.27. The predicted octanol–water partition coefficient (Wildman–Crippen LogP) is 3.58. The maximum Gasteiger partial charge on any atom is 0.410 e. The smallest absolute Gasteiger partial charge is 0.410 e. The largest absolute Gasteiger partial charge is 0.449 e. The van der Waals surface area contributed by atoms with Crippen LogP contribution in [0.25, 0.3) is 0 Å². The summed E-state index contributed by atoms with van der Waals surface area (Å²) in [5.41, 5.74) is 0. The van der Waals surface area contributed by atoms with Crippen LogP contribution >= 0.6 is 0 Å². The summed E-state index contributed by atoms with van der Waals surface area (Å²) in [5.74, 6) is 0. The molecule has 0 aromatic carbocycles. The van der Waals surface area contributed by atoms with Crippen LogP contribution in [0.5, 0.6) is 0 Å². The normalized spacial score (nSPS) is 20.9. The monoisotopic (exact) mass is 227 g/mol. The van der Waals surface area contributed by atoms with Crippen LogP contribution in [0.2, 0.25) is 0 Å². The van der Waals surface area contributed by atoms with Gasteiger partial charge in [-0.15, -0.1) is 0 Å². The molecule has 1 aliphatic rings. The van der Waals surface area contributed by atoms with Gasteiger partial charge in [0.1, 0.15) is 0 Å². The van der Waals surface area contributed by atoms with Crippen molar-refractivity contribution in [3.05, 3.63) is 0 Å². The Morgan fingerprint density at radius 1 is 1.31 bits per heavy atom. The van der Waals surface area contributed by atoms with E-state index >= 15 is 0 Å². The second kappa shape index (κ2) is 7.53. The van der Waals surface area contributed by atoms with E-state index < -0.39 is 0 Å². The lowest BCUT2D eigenvalue weighted by Crippen LogP contribution is -2.43. The summed E-state index contributed by atoms with van der Waals surface area (Å²) in [5, 5.41) is 0. The molecule has 3 nitrogen and oxygen atoms in total. The highest BCUT2D eigenvalue weighted by atomic mass is 16.6. The van der Waals surface area contributed by atoms with Crippen molar-refractivity contribution >= 4 is 6.09 Å². The first-order valence-corrected chi connectivity index (χ1v) is 6.73. The zero-order chi connectivity index (χ0) is 11.8. The topological polar surface area (TPSA) is 29.5 Å². The van der Waals surface area contributed by atoms with Gasteiger partial charge in [-0.2, -0.15) is 0 Å². The molecule has 94 valence electrons. The molecule has 1 unspecified atom stereocenters. The van der Waals surface area contributed by atoms with Gasteiger partial charge < -0.3 is 9.64 Å². The number of hydrogen-bond donors (Lipinski definition) is 0. The first-order chi connectivity index (χ1) is 7.79. The Labute approximate surface area is 99.1 Å². The minimum absolute atomic E-state index is 0.0948. The fraction of sp³-hybridized carbons (Fsp3) is 0.923. The van der Waals surface area contributed by atoms with E-state index in [1.807, 2.05) is 4.90 Å². The van der Waals surface area contributed by atoms with Crippen molar-refractivity contribution in [2.75, 3.05) is 13.2 Å². The predicted molar refractivity (Wildman–Crippen MR) is 65.5 cm³/mol. The van der Waals surface area contributed by atoms with Gasteiger partial charge in [-0.25, -0.2) is 4.79 Å². The molecule has 16 heavy (non-hydrogen) atoms. The summed E-state index contributed by atoms with van der Waals surface area (Å²) < 4.78 is 5.30. The average molecular weight is 227 g/mol. The first-order valence-electron chi connectivity index (χ1n) is 6.73. The summed E-state index contributed by atoms with van der Waals surface area (Å²) in [6.45, 7) is 5.76. The quantitative estimate of drug-likeness (QED) is 0.672. The van der Waals surface area contributed by atoms with Crippen LogP contribution in [0.3, 0.4) is 0 Å². The summed E-state index contributed by atoms with van der Waals surface area (Å²) in [6, 6.07) is 0.410. The number of piperidine rings is 1. The minimum atomic E-state index is -0.0948. The number of likely N-dealkylation sites (tertiary alicyclic amines) is 1. The first kappa shape index (κ1) is 13.3. The molecule has 1 saturated heterocycles. The number of ether oxygens (including phenoxy) is 1. The summed E-state index contributed by atoms with van der Waals surface area (Å²) >= 11 is 0. The molecule has 0 radical (unpaired) electrons. The summed E-state index contributed by atoms with van der Waals surface area (Å²) in [4.78, 5) is 13.8. The average Bonchev–Trinajstić information content (AvgIpc) is 2.34. The van der Waals surface area contributed by atoms with Crippen molar-refractivity contribution in [1.29, 1.82) is 0 Å². The van der Waals surface area contributed by atoms with Gasteiger partial charge in [0.2, 0.25) is 0 Å². The van der Waals surface area contributed by atoms with Crippen LogP contribution in [0, 0.1) is 0 Å². The molecule has 3 heteroatoms. The van der Waals surface area contributed by atoms with Crippen molar-refractivity contribution in [3.63, 3.8) is 0 Å². The van der Waals surface area contributed by atoms with Crippen molar-refractivity contribution < 1.29 is 9.53 Å². The molecular weight excluding hydrogens is 202 g/mol. The van der Waals surface area contributed by atoms with E-state index in [-0.39, 0.29) is 6.09 Å². The van der Waals surface area contributed by atoms with E-state index in [0.717, 1.165) is 38.6 Å². The maximum absolute atomic E-state index is 11.8. The Kier molecular flexibility index (Phi) is 6.27. The highest BCUT2D eigenvalue weighted by molar-refractivity contribution is 5.68. The molecule has 0 aromatic heterocycles. The number of carbonyl (C=O) groups excluding carboxylic acids is 1. The molecule has 1 heterocycles. The van der Waals surface area contributed by atoms with Crippen molar-refractivity contribution in [2.45, 2.75) is 64.8 Å². The molecule has 0 bridgehead atoms. The van der Waals surface area contributed by atoms with Gasteiger partial charge in [-0.1, -0.05) is 26.7 Å². The van der Waals surface area contributed by atoms with Gasteiger partial charge >= 0.3 is 6.09 Å². The third-order valence-corrected chi connectivity index (χ3v) is 3.31. The molecule has 0 N–H and O–H groups in total. The standard InChI is InChI=1S/C13H25NO2/c1-3-5-8-11-16-13(15)14-10-7-6-9-12(14)4-2/h12H,3-11H2,1-2H3. The summed E-state index contributed by atoms with van der Waals surface area (Å²) in [7, 11) is 0. The van der Waals surface area contributed by atoms with Crippen LogP contribution in [0.15, 0.2) is 0 Å². The van der Waals surface area contributed by atoms with Crippen LogP contribution in [-0.2, 0) is 4.74 Å². The number of nitrogens with zero attached hydrogens (tertiary/aromatic N) is 1. The van der Waals surface area contributed by atoms with Crippen molar-refractivity contribution in [2.24, 2.45) is 0 Å². The third-order valence-electron chi connectivity index (χ3n) is 3.31. The number of hydrogen-bond acceptors (Lipinski definition) is 2. The van der Waals surface area contributed by atoms with E-state index in [0.29, 0.717) is 12.6 Å². The minimum Gasteiger partial charge on any atom is -0.449 e. The van der Waals surface area contributed by atoms with Gasteiger partial charge in [0, 0.05) is 12.6 Å². The van der Waals surface area contributed by atoms with E-state index in [4.69, 9.17) is 4.74 Å². The molecule has 0 saturated carbocycles. The van der Waals surface area contributed by atoms with Gasteiger partial charge in [-0.05, 0) is 32.1 Å². The van der Waals surface area contributed by atoms with E-state index in [1.54, 1.807) is 0 Å². The zero-order valence-corrected chi connectivity index (χ0v) is 10.7. The highest BCUT2D eigenvalue weighted by Gasteiger charge is 2.26. The zero-order valence-electron chi connectivity index (χ0n) is 10.7. The Morgan fingerprint density at radius 3 is 2.81 bits per heavy atom. The Hall–Kier alpha value is -0.730. The second-order valence-corrected chi connectivity index (χ2v) is 4.57.